The van der Waals surface area contributed by atoms with Gasteiger partial charge >= 0.3 is 5.97 Å². The molecule has 3 aromatic rings. The average molecular weight is 346 g/mol. The highest BCUT2D eigenvalue weighted by atomic mass is 79.9. The molecule has 1 N–H and O–H groups in total. The molecule has 0 aliphatic carbocycles. The van der Waals surface area contributed by atoms with Gasteiger partial charge in [0.05, 0.1) is 11.9 Å². The lowest BCUT2D eigenvalue weighted by Crippen LogP contribution is -2.16. The van der Waals surface area contributed by atoms with Crippen molar-refractivity contribution in [1.82, 2.24) is 14.6 Å². The number of hydrogen-bond acceptors (Lipinski definition) is 3. The van der Waals surface area contributed by atoms with E-state index in [9.17, 15) is 9.90 Å². The lowest BCUT2D eigenvalue weighted by Gasteiger charge is -2.13. The molecule has 1 aromatic carbocycles. The minimum atomic E-state index is -0.887. The molecule has 2 heterocycles. The number of hydrogen-bond donors (Lipinski definition) is 1. The minimum absolute atomic E-state index is 0.383. The molecule has 2 aromatic heterocycles. The highest BCUT2D eigenvalue weighted by Gasteiger charge is 2.23. The van der Waals surface area contributed by atoms with E-state index >= 15 is 0 Å². The summed E-state index contributed by atoms with van der Waals surface area (Å²) < 4.78 is 2.52. The molecular formula is C15H12BrN3O2. The van der Waals surface area contributed by atoms with Crippen LogP contribution in [-0.4, -0.2) is 25.7 Å². The number of benzene rings is 1. The van der Waals surface area contributed by atoms with Crippen LogP contribution < -0.4 is 0 Å². The highest BCUT2D eigenvalue weighted by Crippen LogP contribution is 2.25. The topological polar surface area (TPSA) is 67.5 Å². The van der Waals surface area contributed by atoms with Gasteiger partial charge in [-0.05, 0) is 24.1 Å². The lowest BCUT2D eigenvalue weighted by molar-refractivity contribution is -0.138. The lowest BCUT2D eigenvalue weighted by atomic mass is 9.96. The van der Waals surface area contributed by atoms with Gasteiger partial charge in [0.25, 0.3) is 0 Å². The van der Waals surface area contributed by atoms with E-state index in [0.717, 1.165) is 10.0 Å². The van der Waals surface area contributed by atoms with Crippen molar-refractivity contribution in [1.29, 1.82) is 0 Å². The molecule has 21 heavy (non-hydrogen) atoms. The van der Waals surface area contributed by atoms with Crippen LogP contribution in [0.5, 0.6) is 0 Å². The molecule has 0 saturated carbocycles. The predicted octanol–water partition coefficient (Wildman–Crippen LogP) is 2.90. The molecule has 1 atom stereocenters. The second-order valence-electron chi connectivity index (χ2n) is 4.67. The Bertz CT molecular complexity index is 800. The Kier molecular flexibility index (Phi) is 3.70. The Labute approximate surface area is 129 Å². The van der Waals surface area contributed by atoms with Crippen LogP contribution in [0.2, 0.25) is 0 Å². The van der Waals surface area contributed by atoms with E-state index in [4.69, 9.17) is 0 Å². The number of carboxylic acids is 1. The van der Waals surface area contributed by atoms with Crippen LogP contribution in [0.4, 0.5) is 0 Å². The van der Waals surface area contributed by atoms with Crippen LogP contribution in [0.3, 0.4) is 0 Å². The van der Waals surface area contributed by atoms with Gasteiger partial charge < -0.3 is 5.11 Å². The van der Waals surface area contributed by atoms with Crippen molar-refractivity contribution in [2.24, 2.45) is 0 Å². The largest absolute Gasteiger partial charge is 0.481 e. The fraction of sp³-hybridized carbons (Fsp3) is 0.133. The van der Waals surface area contributed by atoms with Gasteiger partial charge in [0.2, 0.25) is 0 Å². The van der Waals surface area contributed by atoms with E-state index in [1.54, 1.807) is 29.0 Å². The Balaban J connectivity index is 1.97. The van der Waals surface area contributed by atoms with Crippen molar-refractivity contribution in [2.75, 3.05) is 0 Å². The summed E-state index contributed by atoms with van der Waals surface area (Å²) in [6.45, 7) is 0. The summed E-state index contributed by atoms with van der Waals surface area (Å²) in [5, 5.41) is 13.6. The van der Waals surface area contributed by atoms with Crippen molar-refractivity contribution in [2.45, 2.75) is 12.3 Å². The first-order valence-electron chi connectivity index (χ1n) is 6.41. The van der Waals surface area contributed by atoms with E-state index in [-0.39, 0.29) is 0 Å². The third-order valence-corrected chi connectivity index (χ3v) is 4.09. The third kappa shape index (κ3) is 2.80. The zero-order chi connectivity index (χ0) is 14.8. The zero-order valence-corrected chi connectivity index (χ0v) is 12.6. The van der Waals surface area contributed by atoms with Crippen molar-refractivity contribution < 1.29 is 9.90 Å². The van der Waals surface area contributed by atoms with Gasteiger partial charge in [-0.3, -0.25) is 4.79 Å². The molecule has 0 aliphatic heterocycles. The summed E-state index contributed by atoms with van der Waals surface area (Å²) in [5.74, 6) is -1.58. The fourth-order valence-corrected chi connectivity index (χ4v) is 2.67. The summed E-state index contributed by atoms with van der Waals surface area (Å²) in [6.07, 6.45) is 3.75. The van der Waals surface area contributed by atoms with E-state index in [1.165, 1.54) is 0 Å². The SMILES string of the molecule is O=C(O)C(Cc1ccccc1Br)c1ccn2nccc2n1. The summed E-state index contributed by atoms with van der Waals surface area (Å²) in [6, 6.07) is 11.1. The van der Waals surface area contributed by atoms with Gasteiger partial charge in [0.15, 0.2) is 5.65 Å². The van der Waals surface area contributed by atoms with E-state index in [0.29, 0.717) is 17.8 Å². The van der Waals surface area contributed by atoms with Crippen molar-refractivity contribution >= 4 is 27.5 Å². The average Bonchev–Trinajstić information content (AvgIpc) is 2.93. The number of halogens is 1. The first-order chi connectivity index (χ1) is 10.1. The molecule has 0 amide bonds. The van der Waals surface area contributed by atoms with Crippen molar-refractivity contribution in [3.8, 4) is 0 Å². The maximum atomic E-state index is 11.6. The predicted molar refractivity (Wildman–Crippen MR) is 81.2 cm³/mol. The first kappa shape index (κ1) is 13.8. The van der Waals surface area contributed by atoms with E-state index < -0.39 is 11.9 Å². The number of aliphatic carboxylic acids is 1. The standard InChI is InChI=1S/C15H12BrN3O2/c16-12-4-2-1-3-10(12)9-11(15(20)21)13-6-8-19-14(18-13)5-7-17-19/h1-8,11H,9H2,(H,20,21). The van der Waals surface area contributed by atoms with Crippen LogP contribution in [0.1, 0.15) is 17.2 Å². The number of nitrogens with zero attached hydrogens (tertiary/aromatic N) is 3. The molecule has 0 radical (unpaired) electrons. The molecule has 5 nitrogen and oxygen atoms in total. The Morgan fingerprint density at radius 2 is 2.10 bits per heavy atom. The molecule has 1 unspecified atom stereocenters. The number of aromatic nitrogens is 3. The van der Waals surface area contributed by atoms with Gasteiger partial charge in [-0.2, -0.15) is 5.10 Å². The Hall–Kier alpha value is -2.21. The first-order valence-corrected chi connectivity index (χ1v) is 7.21. The van der Waals surface area contributed by atoms with Gasteiger partial charge in [0, 0.05) is 16.7 Å². The van der Waals surface area contributed by atoms with Crippen LogP contribution in [0, 0.1) is 0 Å². The van der Waals surface area contributed by atoms with Crippen LogP contribution in [-0.2, 0) is 11.2 Å². The Morgan fingerprint density at radius 3 is 2.86 bits per heavy atom. The van der Waals surface area contributed by atoms with Gasteiger partial charge in [-0.25, -0.2) is 9.50 Å². The smallest absolute Gasteiger partial charge is 0.312 e. The summed E-state index contributed by atoms with van der Waals surface area (Å²) in [4.78, 5) is 16.0. The number of rotatable bonds is 4. The van der Waals surface area contributed by atoms with Crippen molar-refractivity contribution in [3.05, 3.63) is 64.5 Å². The second kappa shape index (κ2) is 5.65. The third-order valence-electron chi connectivity index (χ3n) is 3.32. The zero-order valence-electron chi connectivity index (χ0n) is 11.0. The molecule has 0 saturated heterocycles. The maximum Gasteiger partial charge on any atom is 0.312 e. The molecule has 0 bridgehead atoms. The molecule has 0 aliphatic rings. The Morgan fingerprint density at radius 1 is 1.29 bits per heavy atom. The highest BCUT2D eigenvalue weighted by molar-refractivity contribution is 9.10. The molecule has 0 spiro atoms. The maximum absolute atomic E-state index is 11.6. The quantitative estimate of drug-likeness (QED) is 0.789. The molecule has 3 rings (SSSR count). The summed E-state index contributed by atoms with van der Waals surface area (Å²) in [5.41, 5.74) is 2.12. The number of fused-ring (bicyclic) bond motifs is 1. The van der Waals surface area contributed by atoms with Crippen LogP contribution in [0.15, 0.2) is 53.3 Å². The molecular weight excluding hydrogens is 334 g/mol. The monoisotopic (exact) mass is 345 g/mol. The molecule has 0 fully saturated rings. The number of carbonyl (C=O) groups is 1. The number of carboxylic acid groups (broad SMARTS) is 1. The van der Waals surface area contributed by atoms with Gasteiger partial charge in [-0.1, -0.05) is 34.1 Å². The minimum Gasteiger partial charge on any atom is -0.481 e. The normalized spacial score (nSPS) is 12.4. The van der Waals surface area contributed by atoms with Crippen LogP contribution in [0.25, 0.3) is 5.65 Å². The molecule has 6 heteroatoms. The van der Waals surface area contributed by atoms with Crippen molar-refractivity contribution in [3.63, 3.8) is 0 Å². The van der Waals surface area contributed by atoms with Gasteiger partial charge in [0.1, 0.15) is 5.92 Å². The summed E-state index contributed by atoms with van der Waals surface area (Å²) >= 11 is 3.45. The summed E-state index contributed by atoms with van der Waals surface area (Å²) in [7, 11) is 0. The van der Waals surface area contributed by atoms with E-state index in [2.05, 4.69) is 26.0 Å². The fourth-order valence-electron chi connectivity index (χ4n) is 2.22. The van der Waals surface area contributed by atoms with E-state index in [1.807, 2.05) is 24.3 Å². The van der Waals surface area contributed by atoms with Crippen LogP contribution >= 0.6 is 15.9 Å². The van der Waals surface area contributed by atoms with Gasteiger partial charge in [-0.15, -0.1) is 0 Å². The second-order valence-corrected chi connectivity index (χ2v) is 5.53. The molecule has 106 valence electrons.